The minimum absolute atomic E-state index is 0.102. The summed E-state index contributed by atoms with van der Waals surface area (Å²) in [6.07, 6.45) is 4.21. The Hall–Kier alpha value is -2.10. The van der Waals surface area contributed by atoms with Gasteiger partial charge in [0, 0.05) is 24.1 Å². The largest absolute Gasteiger partial charge is 0.337 e. The summed E-state index contributed by atoms with van der Waals surface area (Å²) in [5.74, 6) is 0.102. The Labute approximate surface area is 111 Å². The molecule has 19 heavy (non-hydrogen) atoms. The van der Waals surface area contributed by atoms with E-state index in [1.54, 1.807) is 6.20 Å². The number of hydrogen-bond donors (Lipinski definition) is 1. The van der Waals surface area contributed by atoms with E-state index in [0.29, 0.717) is 11.0 Å². The highest BCUT2D eigenvalue weighted by Crippen LogP contribution is 2.53. The Morgan fingerprint density at radius 3 is 2.63 bits per heavy atom. The third-order valence-electron chi connectivity index (χ3n) is 4.23. The lowest BCUT2D eigenvalue weighted by molar-refractivity contribution is 0.0444. The predicted octanol–water partition coefficient (Wildman–Crippen LogP) is 2.31. The highest BCUT2D eigenvalue weighted by Gasteiger charge is 2.54. The first-order valence-electron chi connectivity index (χ1n) is 6.66. The van der Waals surface area contributed by atoms with Gasteiger partial charge in [-0.2, -0.15) is 5.10 Å². The van der Waals surface area contributed by atoms with Crippen molar-refractivity contribution in [1.29, 1.82) is 0 Å². The molecule has 4 nitrogen and oxygen atoms in total. The van der Waals surface area contributed by atoms with E-state index in [-0.39, 0.29) is 5.91 Å². The van der Waals surface area contributed by atoms with Crippen molar-refractivity contribution in [3.05, 3.63) is 42.1 Å². The minimum Gasteiger partial charge on any atom is -0.337 e. The van der Waals surface area contributed by atoms with Gasteiger partial charge in [0.1, 0.15) is 0 Å². The fraction of sp³-hybridized carbons (Fsp3) is 0.333. The van der Waals surface area contributed by atoms with Crippen LogP contribution in [0, 0.1) is 5.41 Å². The SMILES string of the molecule is O=C(c1cn[nH]c1-c1ccccc1)N1CC2(CC2)C1. The van der Waals surface area contributed by atoms with Crippen LogP contribution in [0.5, 0.6) is 0 Å². The molecule has 0 unspecified atom stereocenters. The molecular formula is C15H15N3O. The maximum atomic E-state index is 12.5. The van der Waals surface area contributed by atoms with E-state index in [1.807, 2.05) is 35.2 Å². The van der Waals surface area contributed by atoms with E-state index < -0.39 is 0 Å². The third-order valence-corrected chi connectivity index (χ3v) is 4.23. The normalized spacial score (nSPS) is 19.3. The molecule has 1 aliphatic heterocycles. The van der Waals surface area contributed by atoms with Gasteiger partial charge in [-0.05, 0) is 12.8 Å². The summed E-state index contributed by atoms with van der Waals surface area (Å²) in [6, 6.07) is 9.87. The van der Waals surface area contributed by atoms with Crippen molar-refractivity contribution in [2.75, 3.05) is 13.1 Å². The fourth-order valence-electron chi connectivity index (χ4n) is 2.84. The zero-order valence-corrected chi connectivity index (χ0v) is 10.6. The first-order chi connectivity index (χ1) is 9.27. The lowest BCUT2D eigenvalue weighted by Gasteiger charge is -2.39. The van der Waals surface area contributed by atoms with Crippen molar-refractivity contribution in [2.45, 2.75) is 12.8 Å². The molecular weight excluding hydrogens is 238 g/mol. The van der Waals surface area contributed by atoms with Gasteiger partial charge in [0.05, 0.1) is 17.5 Å². The van der Waals surface area contributed by atoms with Crippen molar-refractivity contribution >= 4 is 5.91 Å². The molecule has 2 aromatic rings. The lowest BCUT2D eigenvalue weighted by Crippen LogP contribution is -2.51. The van der Waals surface area contributed by atoms with Crippen LogP contribution in [-0.4, -0.2) is 34.1 Å². The third kappa shape index (κ3) is 1.67. The van der Waals surface area contributed by atoms with Crippen LogP contribution in [0.3, 0.4) is 0 Å². The number of likely N-dealkylation sites (tertiary alicyclic amines) is 1. The van der Waals surface area contributed by atoms with Gasteiger partial charge < -0.3 is 4.90 Å². The molecule has 1 saturated heterocycles. The maximum Gasteiger partial charge on any atom is 0.257 e. The number of aromatic nitrogens is 2. The molecule has 2 heterocycles. The molecule has 2 aliphatic rings. The second-order valence-electron chi connectivity index (χ2n) is 5.69. The number of hydrogen-bond acceptors (Lipinski definition) is 2. The standard InChI is InChI=1S/C15H15N3O/c19-14(18-9-15(10-18)6-7-15)12-8-16-17-13(12)11-4-2-1-3-5-11/h1-5,8H,6-7,9-10H2,(H,16,17). The Kier molecular flexibility index (Phi) is 2.10. The monoisotopic (exact) mass is 253 g/mol. The number of carbonyl (C=O) groups excluding carboxylic acids is 1. The molecule has 1 saturated carbocycles. The van der Waals surface area contributed by atoms with Gasteiger partial charge in [0.15, 0.2) is 0 Å². The van der Waals surface area contributed by atoms with Gasteiger partial charge in [-0.1, -0.05) is 30.3 Å². The predicted molar refractivity (Wildman–Crippen MR) is 71.6 cm³/mol. The molecule has 0 radical (unpaired) electrons. The van der Waals surface area contributed by atoms with Crippen LogP contribution < -0.4 is 0 Å². The molecule has 1 aromatic heterocycles. The molecule has 4 heteroatoms. The molecule has 0 bridgehead atoms. The number of nitrogens with one attached hydrogen (secondary N) is 1. The maximum absolute atomic E-state index is 12.5. The highest BCUT2D eigenvalue weighted by molar-refractivity contribution is 6.00. The Morgan fingerprint density at radius 2 is 1.95 bits per heavy atom. The summed E-state index contributed by atoms with van der Waals surface area (Å²) in [5, 5.41) is 6.98. The van der Waals surface area contributed by atoms with Crippen LogP contribution >= 0.6 is 0 Å². The van der Waals surface area contributed by atoms with Gasteiger partial charge in [-0.3, -0.25) is 9.89 Å². The van der Waals surface area contributed by atoms with Crippen molar-refractivity contribution < 1.29 is 4.79 Å². The topological polar surface area (TPSA) is 49.0 Å². The quantitative estimate of drug-likeness (QED) is 0.892. The van der Waals surface area contributed by atoms with Crippen LogP contribution in [0.15, 0.2) is 36.5 Å². The Morgan fingerprint density at radius 1 is 1.21 bits per heavy atom. The zero-order chi connectivity index (χ0) is 12.9. The molecule has 4 rings (SSSR count). The number of rotatable bonds is 2. The highest BCUT2D eigenvalue weighted by atomic mass is 16.2. The smallest absolute Gasteiger partial charge is 0.257 e. The average molecular weight is 253 g/mol. The molecule has 1 amide bonds. The van der Waals surface area contributed by atoms with Gasteiger partial charge in [-0.25, -0.2) is 0 Å². The summed E-state index contributed by atoms with van der Waals surface area (Å²) in [5.41, 5.74) is 3.00. The van der Waals surface area contributed by atoms with E-state index in [1.165, 1.54) is 12.8 Å². The fourth-order valence-corrected chi connectivity index (χ4v) is 2.84. The van der Waals surface area contributed by atoms with Crippen molar-refractivity contribution in [1.82, 2.24) is 15.1 Å². The first-order valence-corrected chi connectivity index (χ1v) is 6.66. The molecule has 1 aliphatic carbocycles. The van der Waals surface area contributed by atoms with Crippen molar-refractivity contribution in [2.24, 2.45) is 5.41 Å². The van der Waals surface area contributed by atoms with E-state index in [0.717, 1.165) is 24.3 Å². The average Bonchev–Trinajstić information content (AvgIpc) is 3.06. The van der Waals surface area contributed by atoms with E-state index in [4.69, 9.17) is 0 Å². The number of nitrogens with zero attached hydrogens (tertiary/aromatic N) is 2. The molecule has 1 aromatic carbocycles. The summed E-state index contributed by atoms with van der Waals surface area (Å²) in [6.45, 7) is 1.84. The van der Waals surface area contributed by atoms with Crippen molar-refractivity contribution in [3.8, 4) is 11.3 Å². The molecule has 1 N–H and O–H groups in total. The van der Waals surface area contributed by atoms with E-state index >= 15 is 0 Å². The van der Waals surface area contributed by atoms with Crippen LogP contribution in [-0.2, 0) is 0 Å². The van der Waals surface area contributed by atoms with Crippen molar-refractivity contribution in [3.63, 3.8) is 0 Å². The zero-order valence-electron chi connectivity index (χ0n) is 10.6. The van der Waals surface area contributed by atoms with Gasteiger partial charge >= 0.3 is 0 Å². The Balaban J connectivity index is 1.62. The van der Waals surface area contributed by atoms with Crippen LogP contribution in [0.2, 0.25) is 0 Å². The first kappa shape index (κ1) is 10.8. The number of carbonyl (C=O) groups is 1. The van der Waals surface area contributed by atoms with Crippen LogP contribution in [0.25, 0.3) is 11.3 Å². The van der Waals surface area contributed by atoms with Gasteiger partial charge in [0.25, 0.3) is 5.91 Å². The minimum atomic E-state index is 0.102. The molecule has 2 fully saturated rings. The van der Waals surface area contributed by atoms with E-state index in [2.05, 4.69) is 10.2 Å². The number of H-pyrrole nitrogens is 1. The summed E-state index contributed by atoms with van der Waals surface area (Å²) >= 11 is 0. The summed E-state index contributed by atoms with van der Waals surface area (Å²) < 4.78 is 0. The molecule has 96 valence electrons. The summed E-state index contributed by atoms with van der Waals surface area (Å²) in [7, 11) is 0. The summed E-state index contributed by atoms with van der Waals surface area (Å²) in [4.78, 5) is 14.4. The van der Waals surface area contributed by atoms with Gasteiger partial charge in [0.2, 0.25) is 0 Å². The number of amides is 1. The Bertz CT molecular complexity index is 620. The number of aromatic amines is 1. The second-order valence-corrected chi connectivity index (χ2v) is 5.69. The number of benzene rings is 1. The van der Waals surface area contributed by atoms with Gasteiger partial charge in [-0.15, -0.1) is 0 Å². The molecule has 0 atom stereocenters. The molecule has 1 spiro atoms. The van der Waals surface area contributed by atoms with Crippen LogP contribution in [0.4, 0.5) is 0 Å². The lowest BCUT2D eigenvalue weighted by atomic mass is 9.95. The second kappa shape index (κ2) is 3.70. The van der Waals surface area contributed by atoms with Crippen LogP contribution in [0.1, 0.15) is 23.2 Å². The van der Waals surface area contributed by atoms with E-state index in [9.17, 15) is 4.79 Å².